The Labute approximate surface area is 104 Å². The van der Waals surface area contributed by atoms with Gasteiger partial charge < -0.3 is 19.7 Å². The Morgan fingerprint density at radius 2 is 1.83 bits per heavy atom. The molecule has 1 aromatic rings. The van der Waals surface area contributed by atoms with E-state index in [0.717, 1.165) is 0 Å². The monoisotopic (exact) mass is 254 g/mol. The van der Waals surface area contributed by atoms with Crippen LogP contribution in [0.4, 0.5) is 0 Å². The predicted octanol–water partition coefficient (Wildman–Crippen LogP) is 0.127. The van der Waals surface area contributed by atoms with Gasteiger partial charge in [-0.05, 0) is 12.1 Å². The number of aliphatic hydroxyl groups is 1. The number of aromatic hydroxyl groups is 1. The highest BCUT2D eigenvalue weighted by Crippen LogP contribution is 2.16. The van der Waals surface area contributed by atoms with E-state index in [2.05, 4.69) is 4.74 Å². The topological polar surface area (TPSA) is 93.1 Å². The first kappa shape index (κ1) is 14.1. The van der Waals surface area contributed by atoms with Crippen LogP contribution in [0.5, 0.6) is 5.75 Å². The van der Waals surface area contributed by atoms with Crippen molar-refractivity contribution >= 4 is 11.8 Å². The molecule has 0 saturated carbocycles. The molecule has 0 unspecified atom stereocenters. The van der Waals surface area contributed by atoms with Crippen molar-refractivity contribution in [1.82, 2.24) is 0 Å². The third-order valence-electron chi connectivity index (χ3n) is 2.03. The fourth-order valence-corrected chi connectivity index (χ4v) is 1.20. The van der Waals surface area contributed by atoms with Gasteiger partial charge in [0.2, 0.25) is 0 Å². The quantitative estimate of drug-likeness (QED) is 0.311. The number of carbonyl (C=O) groups excluding carboxylic acids is 2. The standard InChI is InChI=1S/C12H14O6/c13-5-6-17-7-8-18-12(16)11(15)9-3-1-2-4-10(9)14/h1-4,13-14H,5-8H2. The van der Waals surface area contributed by atoms with E-state index in [1.807, 2.05) is 0 Å². The molecule has 0 spiro atoms. The number of esters is 1. The first-order valence-corrected chi connectivity index (χ1v) is 5.35. The van der Waals surface area contributed by atoms with Gasteiger partial charge in [0, 0.05) is 0 Å². The number of ether oxygens (including phenoxy) is 2. The number of Topliss-reactive ketones (excluding diaryl/α,β-unsaturated/α-hetero) is 1. The summed E-state index contributed by atoms with van der Waals surface area (Å²) in [6.45, 7) is 0.0360. The zero-order chi connectivity index (χ0) is 13.4. The molecule has 0 fully saturated rings. The van der Waals surface area contributed by atoms with E-state index in [9.17, 15) is 14.7 Å². The van der Waals surface area contributed by atoms with Gasteiger partial charge in [0.05, 0.1) is 25.4 Å². The van der Waals surface area contributed by atoms with Gasteiger partial charge >= 0.3 is 5.97 Å². The number of rotatable bonds is 7. The Kier molecular flexibility index (Phi) is 5.83. The maximum absolute atomic E-state index is 11.6. The highest BCUT2D eigenvalue weighted by atomic mass is 16.6. The van der Waals surface area contributed by atoms with Crippen molar-refractivity contribution in [2.45, 2.75) is 0 Å². The van der Waals surface area contributed by atoms with Crippen LogP contribution >= 0.6 is 0 Å². The molecule has 0 radical (unpaired) electrons. The summed E-state index contributed by atoms with van der Waals surface area (Å²) in [6.07, 6.45) is 0. The van der Waals surface area contributed by atoms with Crippen molar-refractivity contribution in [3.05, 3.63) is 29.8 Å². The van der Waals surface area contributed by atoms with Crippen LogP contribution in [0.15, 0.2) is 24.3 Å². The molecule has 0 aliphatic heterocycles. The summed E-state index contributed by atoms with van der Waals surface area (Å²) >= 11 is 0. The largest absolute Gasteiger partial charge is 0.507 e. The van der Waals surface area contributed by atoms with Crippen molar-refractivity contribution in [2.24, 2.45) is 0 Å². The van der Waals surface area contributed by atoms with E-state index in [1.165, 1.54) is 18.2 Å². The molecule has 0 aliphatic carbocycles. The molecule has 6 nitrogen and oxygen atoms in total. The molecule has 98 valence electrons. The minimum absolute atomic E-state index is 0.0851. The van der Waals surface area contributed by atoms with Crippen LogP contribution in [0.25, 0.3) is 0 Å². The van der Waals surface area contributed by atoms with Gasteiger partial charge in [-0.25, -0.2) is 4.79 Å². The van der Waals surface area contributed by atoms with Crippen LogP contribution in [-0.4, -0.2) is 48.4 Å². The molecule has 0 amide bonds. The summed E-state index contributed by atoms with van der Waals surface area (Å²) in [4.78, 5) is 22.9. The molecule has 6 heteroatoms. The number of benzene rings is 1. The lowest BCUT2D eigenvalue weighted by atomic mass is 10.1. The molecule has 1 aromatic carbocycles. The van der Waals surface area contributed by atoms with Crippen molar-refractivity contribution in [2.75, 3.05) is 26.4 Å². The Morgan fingerprint density at radius 1 is 1.11 bits per heavy atom. The molecular formula is C12H14O6. The molecular weight excluding hydrogens is 240 g/mol. The molecule has 0 aliphatic rings. The number of carbonyl (C=O) groups is 2. The van der Waals surface area contributed by atoms with E-state index in [0.29, 0.717) is 0 Å². The van der Waals surface area contributed by atoms with Gasteiger partial charge in [-0.1, -0.05) is 12.1 Å². The Balaban J connectivity index is 2.43. The van der Waals surface area contributed by atoms with Crippen LogP contribution in [0.1, 0.15) is 10.4 Å². The van der Waals surface area contributed by atoms with Gasteiger partial charge in [0.15, 0.2) is 0 Å². The van der Waals surface area contributed by atoms with E-state index < -0.39 is 11.8 Å². The van der Waals surface area contributed by atoms with Crippen molar-refractivity contribution in [3.8, 4) is 5.75 Å². The van der Waals surface area contributed by atoms with Gasteiger partial charge in [-0.15, -0.1) is 0 Å². The lowest BCUT2D eigenvalue weighted by Gasteiger charge is -2.05. The average Bonchev–Trinajstić information content (AvgIpc) is 2.38. The maximum atomic E-state index is 11.6. The second-order valence-electron chi connectivity index (χ2n) is 3.32. The summed E-state index contributed by atoms with van der Waals surface area (Å²) in [6, 6.07) is 5.72. The zero-order valence-electron chi connectivity index (χ0n) is 9.67. The molecule has 0 saturated heterocycles. The van der Waals surface area contributed by atoms with Gasteiger partial charge in [0.25, 0.3) is 5.78 Å². The summed E-state index contributed by atoms with van der Waals surface area (Å²) < 4.78 is 9.51. The lowest BCUT2D eigenvalue weighted by molar-refractivity contribution is -0.139. The number of ketones is 1. The zero-order valence-corrected chi connectivity index (χ0v) is 9.67. The normalized spacial score (nSPS) is 10.1. The predicted molar refractivity (Wildman–Crippen MR) is 61.3 cm³/mol. The van der Waals surface area contributed by atoms with Crippen LogP contribution < -0.4 is 0 Å². The number of phenols is 1. The van der Waals surface area contributed by atoms with Gasteiger partial charge in [-0.2, -0.15) is 0 Å². The second-order valence-corrected chi connectivity index (χ2v) is 3.32. The number of aliphatic hydroxyl groups excluding tert-OH is 1. The SMILES string of the molecule is O=C(OCCOCCO)C(=O)c1ccccc1O. The number of para-hydroxylation sites is 1. The first-order chi connectivity index (χ1) is 8.66. The summed E-state index contributed by atoms with van der Waals surface area (Å²) in [5, 5.41) is 17.8. The van der Waals surface area contributed by atoms with Crippen LogP contribution in [0.3, 0.4) is 0 Å². The Bertz CT molecular complexity index is 415. The first-order valence-electron chi connectivity index (χ1n) is 5.35. The van der Waals surface area contributed by atoms with E-state index in [1.54, 1.807) is 6.07 Å². The van der Waals surface area contributed by atoms with Crippen molar-refractivity contribution < 1.29 is 29.3 Å². The molecule has 2 N–H and O–H groups in total. The minimum Gasteiger partial charge on any atom is -0.507 e. The average molecular weight is 254 g/mol. The van der Waals surface area contributed by atoms with Crippen molar-refractivity contribution in [3.63, 3.8) is 0 Å². The molecule has 0 bridgehead atoms. The summed E-state index contributed by atoms with van der Waals surface area (Å²) in [7, 11) is 0. The van der Waals surface area contributed by atoms with Gasteiger partial charge in [-0.3, -0.25) is 4.79 Å². The van der Waals surface area contributed by atoms with E-state index >= 15 is 0 Å². The molecule has 18 heavy (non-hydrogen) atoms. The summed E-state index contributed by atoms with van der Waals surface area (Å²) in [5.74, 6) is -2.23. The highest BCUT2D eigenvalue weighted by Gasteiger charge is 2.20. The van der Waals surface area contributed by atoms with Crippen molar-refractivity contribution in [1.29, 1.82) is 0 Å². The smallest absolute Gasteiger partial charge is 0.379 e. The van der Waals surface area contributed by atoms with E-state index in [4.69, 9.17) is 9.84 Å². The van der Waals surface area contributed by atoms with Crippen LogP contribution in [0.2, 0.25) is 0 Å². The molecule has 0 atom stereocenters. The fourth-order valence-electron chi connectivity index (χ4n) is 1.20. The van der Waals surface area contributed by atoms with E-state index in [-0.39, 0.29) is 37.7 Å². The summed E-state index contributed by atoms with van der Waals surface area (Å²) in [5.41, 5.74) is -0.0984. The minimum atomic E-state index is -1.05. The Morgan fingerprint density at radius 3 is 2.50 bits per heavy atom. The maximum Gasteiger partial charge on any atom is 0.379 e. The third kappa shape index (κ3) is 4.15. The molecule has 0 heterocycles. The highest BCUT2D eigenvalue weighted by molar-refractivity contribution is 6.41. The number of hydrogen-bond acceptors (Lipinski definition) is 6. The van der Waals surface area contributed by atoms with Crippen LogP contribution in [0, 0.1) is 0 Å². The fraction of sp³-hybridized carbons (Fsp3) is 0.333. The van der Waals surface area contributed by atoms with Crippen LogP contribution in [-0.2, 0) is 14.3 Å². The third-order valence-corrected chi connectivity index (χ3v) is 2.03. The Hall–Kier alpha value is -1.92. The molecule has 0 aromatic heterocycles. The number of hydrogen-bond donors (Lipinski definition) is 2. The second kappa shape index (κ2) is 7.41. The lowest BCUT2D eigenvalue weighted by Crippen LogP contribution is -2.20. The van der Waals surface area contributed by atoms with Gasteiger partial charge in [0.1, 0.15) is 12.4 Å². The number of phenolic OH excluding ortho intramolecular Hbond substituents is 1. The molecule has 1 rings (SSSR count).